The number of imidazole rings is 1. The van der Waals surface area contributed by atoms with E-state index in [1.54, 1.807) is 10.9 Å². The number of carbonyl (C=O) groups excluding carboxylic acids is 1. The fourth-order valence-electron chi connectivity index (χ4n) is 6.10. The minimum absolute atomic E-state index is 0.0312. The van der Waals surface area contributed by atoms with Gasteiger partial charge in [-0.25, -0.2) is 9.97 Å². The van der Waals surface area contributed by atoms with Gasteiger partial charge in [-0.1, -0.05) is 115 Å². The number of nitrogens with one attached hydrogen (secondary N) is 1. The number of carbonyl (C=O) groups is 1. The van der Waals surface area contributed by atoms with Gasteiger partial charge < -0.3 is 24.5 Å². The van der Waals surface area contributed by atoms with E-state index in [-0.39, 0.29) is 41.5 Å². The second-order valence-electron chi connectivity index (χ2n) is 12.0. The Morgan fingerprint density at radius 3 is 2.33 bits per heavy atom. The van der Waals surface area contributed by atoms with Crippen LogP contribution < -0.4 is 5.32 Å². The maximum atomic E-state index is 13.0. The van der Waals surface area contributed by atoms with Gasteiger partial charge in [-0.3, -0.25) is 9.78 Å². The topological polar surface area (TPSA) is 111 Å². The van der Waals surface area contributed by atoms with Crippen LogP contribution in [0.4, 0.5) is 0 Å². The number of hydrogen-bond acceptors (Lipinski definition) is 7. The molecule has 1 aliphatic rings. The highest BCUT2D eigenvalue weighted by Gasteiger charge is 2.39. The zero-order valence-electron chi connectivity index (χ0n) is 26.5. The van der Waals surface area contributed by atoms with Crippen molar-refractivity contribution in [3.63, 3.8) is 0 Å². The van der Waals surface area contributed by atoms with Crippen LogP contribution in [0.1, 0.15) is 52.1 Å². The van der Waals surface area contributed by atoms with Crippen molar-refractivity contribution in [2.24, 2.45) is 5.92 Å². The van der Waals surface area contributed by atoms with Crippen LogP contribution in [0.15, 0.2) is 110 Å². The predicted octanol–water partition coefficient (Wildman–Crippen LogP) is 7.71. The SMILES string of the molecule is C[C@@H]1[C@H](Cn2cnc(Cl)c2Cl)O[C@H](c2ccc(-c3ccccc3CNC(=O)c3cnc4ccccc4n3)cc2)O[C@@H]1c1ccc(CO)cc1. The van der Waals surface area contributed by atoms with Crippen molar-refractivity contribution in [2.45, 2.75) is 45.1 Å². The van der Waals surface area contributed by atoms with Crippen molar-refractivity contribution in [2.75, 3.05) is 0 Å². The summed E-state index contributed by atoms with van der Waals surface area (Å²) in [5, 5.41) is 13.2. The first kappa shape index (κ1) is 32.9. The summed E-state index contributed by atoms with van der Waals surface area (Å²) in [4.78, 5) is 26.0. The maximum Gasteiger partial charge on any atom is 0.271 e. The molecule has 1 fully saturated rings. The van der Waals surface area contributed by atoms with Gasteiger partial charge in [0.15, 0.2) is 11.4 Å². The van der Waals surface area contributed by atoms with E-state index in [1.807, 2.05) is 97.1 Å². The second-order valence-corrected chi connectivity index (χ2v) is 12.7. The molecule has 6 aromatic rings. The van der Waals surface area contributed by atoms with Gasteiger partial charge >= 0.3 is 0 Å². The van der Waals surface area contributed by atoms with Crippen LogP contribution in [0.5, 0.6) is 0 Å². The number of nitrogens with zero attached hydrogens (tertiary/aromatic N) is 4. The third-order valence-electron chi connectivity index (χ3n) is 8.86. The van der Waals surface area contributed by atoms with Gasteiger partial charge in [-0.05, 0) is 39.9 Å². The van der Waals surface area contributed by atoms with Crippen molar-refractivity contribution in [1.29, 1.82) is 0 Å². The monoisotopic (exact) mass is 693 g/mol. The summed E-state index contributed by atoms with van der Waals surface area (Å²) in [6, 6.07) is 31.2. The van der Waals surface area contributed by atoms with E-state index >= 15 is 0 Å². The smallest absolute Gasteiger partial charge is 0.271 e. The van der Waals surface area contributed by atoms with Gasteiger partial charge in [0.05, 0.1) is 48.9 Å². The van der Waals surface area contributed by atoms with Crippen LogP contribution in [-0.4, -0.2) is 36.6 Å². The molecular formula is C38H33Cl2N5O4. The van der Waals surface area contributed by atoms with Crippen molar-refractivity contribution in [3.8, 4) is 11.1 Å². The minimum Gasteiger partial charge on any atom is -0.392 e. The van der Waals surface area contributed by atoms with E-state index in [2.05, 4.69) is 27.2 Å². The summed E-state index contributed by atoms with van der Waals surface area (Å²) < 4.78 is 15.0. The van der Waals surface area contributed by atoms with Gasteiger partial charge in [0, 0.05) is 18.0 Å². The number of aliphatic hydroxyl groups excluding tert-OH is 1. The summed E-state index contributed by atoms with van der Waals surface area (Å²) in [5.41, 5.74) is 7.27. The van der Waals surface area contributed by atoms with Crippen LogP contribution in [0.3, 0.4) is 0 Å². The number of aliphatic hydroxyl groups is 1. The van der Waals surface area contributed by atoms with Crippen molar-refractivity contribution >= 4 is 40.1 Å². The number of para-hydroxylation sites is 2. The molecule has 2 aromatic heterocycles. The molecule has 4 aromatic carbocycles. The molecule has 4 atom stereocenters. The predicted molar refractivity (Wildman–Crippen MR) is 188 cm³/mol. The van der Waals surface area contributed by atoms with Crippen LogP contribution in [0, 0.1) is 5.92 Å². The van der Waals surface area contributed by atoms with Crippen molar-refractivity contribution < 1.29 is 19.4 Å². The van der Waals surface area contributed by atoms with Crippen molar-refractivity contribution in [3.05, 3.63) is 148 Å². The molecule has 0 radical (unpaired) electrons. The Morgan fingerprint density at radius 1 is 0.878 bits per heavy atom. The molecule has 1 amide bonds. The number of fused-ring (bicyclic) bond motifs is 1. The van der Waals surface area contributed by atoms with Gasteiger partial charge in [0.1, 0.15) is 10.8 Å². The Labute approximate surface area is 293 Å². The van der Waals surface area contributed by atoms with Gasteiger partial charge in [0.25, 0.3) is 5.91 Å². The van der Waals surface area contributed by atoms with E-state index in [0.717, 1.165) is 38.9 Å². The molecule has 0 aliphatic carbocycles. The summed E-state index contributed by atoms with van der Waals surface area (Å²) in [5.74, 6) is -0.339. The summed E-state index contributed by atoms with van der Waals surface area (Å²) in [6.07, 6.45) is 1.89. The first-order chi connectivity index (χ1) is 23.9. The number of amides is 1. The first-order valence-corrected chi connectivity index (χ1v) is 16.7. The lowest BCUT2D eigenvalue weighted by Gasteiger charge is -2.41. The number of halogens is 2. The minimum atomic E-state index is -0.659. The number of benzene rings is 4. The Hall–Kier alpha value is -4.64. The molecule has 0 saturated carbocycles. The molecule has 9 nitrogen and oxygen atoms in total. The molecule has 1 saturated heterocycles. The molecule has 49 heavy (non-hydrogen) atoms. The molecule has 1 aliphatic heterocycles. The molecule has 11 heteroatoms. The molecule has 7 rings (SSSR count). The molecule has 248 valence electrons. The Bertz CT molecular complexity index is 2090. The summed E-state index contributed by atoms with van der Waals surface area (Å²) >= 11 is 12.6. The van der Waals surface area contributed by atoms with Crippen LogP contribution in [0.2, 0.25) is 10.3 Å². The molecule has 0 bridgehead atoms. The fraction of sp³-hybridized carbons (Fsp3) is 0.211. The van der Waals surface area contributed by atoms with E-state index in [1.165, 1.54) is 6.20 Å². The maximum absolute atomic E-state index is 13.0. The third-order valence-corrected chi connectivity index (χ3v) is 9.63. The standard InChI is InChI=1S/C38H33Cl2N5O4/c1-23-33(20-45-22-43-35(39)36(45)40)48-38(49-34(23)26-12-10-24(21-46)11-13-26)27-16-14-25(15-17-27)29-7-3-2-6-28(29)18-42-37(47)32-19-41-30-8-4-5-9-31(30)44-32/h2-17,19,22-23,33-34,38,46H,18,20-21H2,1H3,(H,42,47)/t23-,33+,34+,38+/m1/s1. The molecular weight excluding hydrogens is 661 g/mol. The average molecular weight is 695 g/mol. The van der Waals surface area contributed by atoms with E-state index in [4.69, 9.17) is 32.7 Å². The largest absolute Gasteiger partial charge is 0.392 e. The number of ether oxygens (including phenoxy) is 2. The van der Waals surface area contributed by atoms with Crippen LogP contribution >= 0.6 is 23.2 Å². The van der Waals surface area contributed by atoms with E-state index in [0.29, 0.717) is 23.8 Å². The van der Waals surface area contributed by atoms with E-state index in [9.17, 15) is 9.90 Å². The fourth-order valence-corrected chi connectivity index (χ4v) is 6.41. The molecule has 2 N–H and O–H groups in total. The van der Waals surface area contributed by atoms with Gasteiger partial charge in [-0.15, -0.1) is 0 Å². The van der Waals surface area contributed by atoms with Gasteiger partial charge in [0.2, 0.25) is 0 Å². The van der Waals surface area contributed by atoms with Crippen LogP contribution in [-0.2, 0) is 29.2 Å². The average Bonchev–Trinajstić information content (AvgIpc) is 3.47. The Kier molecular flexibility index (Phi) is 9.70. The lowest BCUT2D eigenvalue weighted by molar-refractivity contribution is -0.276. The summed E-state index contributed by atoms with van der Waals surface area (Å²) in [7, 11) is 0. The lowest BCUT2D eigenvalue weighted by atomic mass is 9.90. The highest BCUT2D eigenvalue weighted by molar-refractivity contribution is 6.40. The zero-order valence-corrected chi connectivity index (χ0v) is 28.1. The molecule has 3 heterocycles. The highest BCUT2D eigenvalue weighted by atomic mass is 35.5. The number of hydrogen-bond donors (Lipinski definition) is 2. The number of rotatable bonds is 9. The quantitative estimate of drug-likeness (QED) is 0.160. The Balaban J connectivity index is 1.10. The van der Waals surface area contributed by atoms with Crippen molar-refractivity contribution in [1.82, 2.24) is 24.8 Å². The normalized spacial score (nSPS) is 19.2. The molecule has 0 unspecified atom stereocenters. The summed E-state index contributed by atoms with van der Waals surface area (Å²) in [6.45, 7) is 2.81. The number of aromatic nitrogens is 4. The van der Waals surface area contributed by atoms with Gasteiger partial charge in [-0.2, -0.15) is 0 Å². The van der Waals surface area contributed by atoms with Crippen LogP contribution in [0.25, 0.3) is 22.2 Å². The zero-order chi connectivity index (χ0) is 33.9. The third kappa shape index (κ3) is 7.08. The first-order valence-electron chi connectivity index (χ1n) is 15.9. The lowest BCUT2D eigenvalue weighted by Crippen LogP contribution is -2.39. The Morgan fingerprint density at radius 2 is 1.59 bits per heavy atom. The molecule has 0 spiro atoms. The second kappa shape index (κ2) is 14.5. The van der Waals surface area contributed by atoms with E-state index < -0.39 is 6.29 Å². The highest BCUT2D eigenvalue weighted by Crippen LogP contribution is 2.43.